The van der Waals surface area contributed by atoms with Crippen LogP contribution in [0.4, 0.5) is 0 Å². The maximum atomic E-state index is 12.3. The molecular weight excluding hydrogens is 657 g/mol. The Morgan fingerprint density at radius 2 is 0.547 bits per heavy atom. The largest absolute Gasteiger partial charge is 0.460 e. The van der Waals surface area contributed by atoms with Crippen LogP contribution in [0, 0.1) is 0 Å². The first kappa shape index (κ1) is 51.9. The van der Waals surface area contributed by atoms with Gasteiger partial charge in [0.05, 0.1) is 41.3 Å². The van der Waals surface area contributed by atoms with Crippen LogP contribution in [0.25, 0.3) is 0 Å². The third-order valence-electron chi connectivity index (χ3n) is 11.4. The lowest BCUT2D eigenvalue weighted by molar-refractivity contribution is -0.890. The number of likely N-dealkylation sites (N-methyl/N-ethyl adjacent to an activating group) is 2. The van der Waals surface area contributed by atoms with Gasteiger partial charge in [0.25, 0.3) is 0 Å². The number of quaternary nitrogens is 2. The minimum Gasteiger partial charge on any atom is -0.460 e. The van der Waals surface area contributed by atoms with E-state index in [2.05, 4.69) is 42.0 Å². The molecule has 0 rings (SSSR count). The maximum absolute atomic E-state index is 12.3. The Morgan fingerprint density at radius 1 is 0.321 bits per heavy atom. The average molecular weight is 753 g/mol. The van der Waals surface area contributed by atoms with E-state index < -0.39 is 0 Å². The Balaban J connectivity index is 3.60. The van der Waals surface area contributed by atoms with Gasteiger partial charge in [-0.05, 0) is 38.5 Å². The smallest absolute Gasteiger partial charge is 0.305 e. The van der Waals surface area contributed by atoms with Crippen LogP contribution in [0.15, 0.2) is 0 Å². The van der Waals surface area contributed by atoms with E-state index in [1.54, 1.807) is 0 Å². The van der Waals surface area contributed by atoms with Crippen molar-refractivity contribution < 1.29 is 28.0 Å². The molecule has 0 unspecified atom stereocenters. The van der Waals surface area contributed by atoms with Crippen molar-refractivity contribution in [3.63, 3.8) is 0 Å². The number of unbranched alkanes of at least 4 members (excludes halogenated alkanes) is 28. The highest BCUT2D eigenvalue weighted by atomic mass is 16.5. The molecule has 6 heteroatoms. The van der Waals surface area contributed by atoms with Gasteiger partial charge in [-0.2, -0.15) is 0 Å². The number of rotatable bonds is 42. The number of ether oxygens (including phenoxy) is 2. The van der Waals surface area contributed by atoms with Gasteiger partial charge in [-0.1, -0.05) is 174 Å². The third kappa shape index (κ3) is 40.3. The van der Waals surface area contributed by atoms with Crippen molar-refractivity contribution >= 4 is 11.9 Å². The van der Waals surface area contributed by atoms with Crippen LogP contribution >= 0.6 is 0 Å². The van der Waals surface area contributed by atoms with Gasteiger partial charge >= 0.3 is 11.9 Å². The zero-order valence-electron chi connectivity index (χ0n) is 37.1. The van der Waals surface area contributed by atoms with E-state index in [-0.39, 0.29) is 11.9 Å². The zero-order valence-corrected chi connectivity index (χ0v) is 37.1. The van der Waals surface area contributed by atoms with Crippen LogP contribution in [-0.2, 0) is 19.1 Å². The molecule has 0 bridgehead atoms. The van der Waals surface area contributed by atoms with E-state index >= 15 is 0 Å². The molecule has 6 nitrogen and oxygen atoms in total. The first-order valence-electron chi connectivity index (χ1n) is 23.6. The molecule has 0 aromatic rings. The Labute approximate surface area is 332 Å². The summed E-state index contributed by atoms with van der Waals surface area (Å²) in [5.74, 6) is -0.217. The fourth-order valence-electron chi connectivity index (χ4n) is 7.37. The molecule has 0 saturated carbocycles. The van der Waals surface area contributed by atoms with Gasteiger partial charge in [0.2, 0.25) is 0 Å². The fraction of sp³-hybridized carbons (Fsp3) is 0.957. The van der Waals surface area contributed by atoms with Crippen LogP contribution in [0.1, 0.15) is 226 Å². The minimum absolute atomic E-state index is 0.108. The van der Waals surface area contributed by atoms with E-state index in [4.69, 9.17) is 9.47 Å². The van der Waals surface area contributed by atoms with E-state index in [1.807, 2.05) is 0 Å². The maximum Gasteiger partial charge on any atom is 0.305 e. The molecule has 0 spiro atoms. The van der Waals surface area contributed by atoms with Crippen molar-refractivity contribution in [3.05, 3.63) is 0 Å². The van der Waals surface area contributed by atoms with Gasteiger partial charge in [-0.25, -0.2) is 0 Å². The first-order valence-corrected chi connectivity index (χ1v) is 23.6. The summed E-state index contributed by atoms with van der Waals surface area (Å²) in [5.41, 5.74) is 0. The second kappa shape index (κ2) is 37.8. The summed E-state index contributed by atoms with van der Waals surface area (Å²) in [7, 11) is 8.99. The second-order valence-electron chi connectivity index (χ2n) is 18.0. The number of hydrogen-bond donors (Lipinski definition) is 0. The Bertz CT molecular complexity index is 735. The highest BCUT2D eigenvalue weighted by molar-refractivity contribution is 5.69. The molecule has 0 aliphatic carbocycles. The van der Waals surface area contributed by atoms with Crippen molar-refractivity contribution in [2.75, 3.05) is 67.6 Å². The van der Waals surface area contributed by atoms with Crippen molar-refractivity contribution in [3.8, 4) is 0 Å². The van der Waals surface area contributed by atoms with Crippen molar-refractivity contribution in [1.82, 2.24) is 0 Å². The van der Waals surface area contributed by atoms with Crippen molar-refractivity contribution in [2.45, 2.75) is 226 Å². The normalized spacial score (nSPS) is 12.0. The van der Waals surface area contributed by atoms with E-state index in [9.17, 15) is 9.59 Å². The van der Waals surface area contributed by atoms with Gasteiger partial charge in [0.15, 0.2) is 0 Å². The van der Waals surface area contributed by atoms with Crippen LogP contribution in [0.2, 0.25) is 0 Å². The number of carbonyl (C=O) groups excluding carboxylic acids is 2. The quantitative estimate of drug-likeness (QED) is 0.0354. The van der Waals surface area contributed by atoms with Gasteiger partial charge in [0, 0.05) is 12.8 Å². The summed E-state index contributed by atoms with van der Waals surface area (Å²) in [5, 5.41) is 0. The fourth-order valence-corrected chi connectivity index (χ4v) is 7.37. The number of hydrogen-bond acceptors (Lipinski definition) is 4. The van der Waals surface area contributed by atoms with Gasteiger partial charge in [0.1, 0.15) is 26.3 Å². The lowest BCUT2D eigenvalue weighted by Crippen LogP contribution is -2.43. The molecule has 0 atom stereocenters. The number of esters is 2. The first-order chi connectivity index (χ1) is 25.6. The second-order valence-corrected chi connectivity index (χ2v) is 18.0. The van der Waals surface area contributed by atoms with Gasteiger partial charge in [-0.3, -0.25) is 9.59 Å². The minimum atomic E-state index is -0.108. The molecular formula is C47H96N2O4+2. The number of carbonyl (C=O) groups is 2. The molecule has 0 aliphatic rings. The molecule has 0 N–H and O–H groups in total. The Kier molecular flexibility index (Phi) is 37.0. The summed E-state index contributed by atoms with van der Waals surface area (Å²) in [6, 6.07) is 0. The summed E-state index contributed by atoms with van der Waals surface area (Å²) in [6.07, 6.45) is 42.1. The van der Waals surface area contributed by atoms with Crippen LogP contribution < -0.4 is 0 Å². The Hall–Kier alpha value is -1.14. The zero-order chi connectivity index (χ0) is 39.1. The highest BCUT2D eigenvalue weighted by Gasteiger charge is 2.17. The molecule has 0 radical (unpaired) electrons. The Morgan fingerprint density at radius 3 is 0.811 bits per heavy atom. The van der Waals surface area contributed by atoms with Crippen LogP contribution in [0.5, 0.6) is 0 Å². The predicted octanol–water partition coefficient (Wildman–Crippen LogP) is 13.1. The highest BCUT2D eigenvalue weighted by Crippen LogP contribution is 2.15. The standard InChI is InChI=1S/C47H96N2O4/c1-7-9-11-13-15-17-19-21-23-25-27-29-31-36-40-48(3,4)42-44-52-46(50)38-34-33-35-39-47(51)53-45-43-49(5,6)41-37-32-30-28-26-24-22-20-18-16-14-12-10-8-2/h7-45H2,1-6H3/q+2. The van der Waals surface area contributed by atoms with Crippen LogP contribution in [0.3, 0.4) is 0 Å². The van der Waals surface area contributed by atoms with Crippen molar-refractivity contribution in [1.29, 1.82) is 0 Å². The van der Waals surface area contributed by atoms with Gasteiger partial charge in [-0.15, -0.1) is 0 Å². The topological polar surface area (TPSA) is 52.6 Å². The van der Waals surface area contributed by atoms with E-state index in [1.165, 1.54) is 180 Å². The summed E-state index contributed by atoms with van der Waals surface area (Å²) >= 11 is 0. The van der Waals surface area contributed by atoms with Crippen LogP contribution in [-0.4, -0.2) is 88.5 Å². The lowest BCUT2D eigenvalue weighted by Gasteiger charge is -2.29. The SMILES string of the molecule is CCCCCCCCCCCCCCCC[N+](C)(C)CCOC(=O)CCCCCC(=O)OCC[N+](C)(C)CCCCCCCCCCCCCCCC. The monoisotopic (exact) mass is 753 g/mol. The third-order valence-corrected chi connectivity index (χ3v) is 11.4. The summed E-state index contributed by atoms with van der Waals surface area (Å²) in [6.45, 7) is 9.57. The van der Waals surface area contributed by atoms with Crippen molar-refractivity contribution in [2.24, 2.45) is 0 Å². The van der Waals surface area contributed by atoms with Gasteiger partial charge < -0.3 is 18.4 Å². The van der Waals surface area contributed by atoms with E-state index in [0.29, 0.717) is 26.1 Å². The molecule has 0 amide bonds. The lowest BCUT2D eigenvalue weighted by atomic mass is 10.0. The van der Waals surface area contributed by atoms with E-state index in [0.717, 1.165) is 54.4 Å². The molecule has 0 heterocycles. The predicted molar refractivity (Wildman–Crippen MR) is 229 cm³/mol. The molecule has 0 aliphatic heterocycles. The number of nitrogens with zero attached hydrogens (tertiary/aromatic N) is 2. The summed E-state index contributed by atoms with van der Waals surface area (Å²) < 4.78 is 12.9. The average Bonchev–Trinajstić information content (AvgIpc) is 3.11. The molecule has 0 fully saturated rings. The molecule has 0 saturated heterocycles. The molecule has 53 heavy (non-hydrogen) atoms. The summed E-state index contributed by atoms with van der Waals surface area (Å²) in [4.78, 5) is 24.5. The molecule has 0 aromatic heterocycles. The molecule has 0 aromatic carbocycles. The molecule has 316 valence electrons.